The van der Waals surface area contributed by atoms with Gasteiger partial charge in [0.25, 0.3) is 0 Å². The molecular weight excluding hydrogens is 428 g/mol. The summed E-state index contributed by atoms with van der Waals surface area (Å²) in [6.45, 7) is -0.789. The fourth-order valence-electron chi connectivity index (χ4n) is 3.79. The smallest absolute Gasteiger partial charge is 0.306 e. The number of hydrogen-bond acceptors (Lipinski definition) is 5. The molecule has 172 valence electrons. The van der Waals surface area contributed by atoms with Crippen molar-refractivity contribution in [1.82, 2.24) is 0 Å². The number of carbonyl (C=O) groups is 3. The van der Waals surface area contributed by atoms with Crippen molar-refractivity contribution >= 4 is 39.3 Å². The lowest BCUT2D eigenvalue weighted by Crippen LogP contribution is -2.20. The minimum atomic E-state index is -0.455. The van der Waals surface area contributed by atoms with Crippen LogP contribution in [0.3, 0.4) is 0 Å². The number of ether oxygens (including phenoxy) is 2. The van der Waals surface area contributed by atoms with Crippen LogP contribution in [0.4, 0.5) is 0 Å². The second-order valence-electron chi connectivity index (χ2n) is 8.22. The molecule has 0 aliphatic carbocycles. The number of carbonyl (C=O) groups excluding carboxylic acids is 3. The van der Waals surface area contributed by atoms with Crippen LogP contribution in [0.5, 0.6) is 0 Å². The average molecular weight is 455 g/mol. The third kappa shape index (κ3) is 6.51. The summed E-state index contributed by atoms with van der Waals surface area (Å²) in [7, 11) is 0. The molecule has 0 fully saturated rings. The molecule has 0 radical (unpaired) electrons. The molecule has 34 heavy (non-hydrogen) atoms. The normalized spacial score (nSPS) is 10.8. The second kappa shape index (κ2) is 11.2. The van der Waals surface area contributed by atoms with Gasteiger partial charge < -0.3 is 9.47 Å². The van der Waals surface area contributed by atoms with Crippen molar-refractivity contribution < 1.29 is 23.9 Å². The first-order valence-corrected chi connectivity index (χ1v) is 11.4. The van der Waals surface area contributed by atoms with Crippen LogP contribution >= 0.6 is 0 Å². The van der Waals surface area contributed by atoms with Gasteiger partial charge in [0.2, 0.25) is 5.78 Å². The monoisotopic (exact) mass is 454 g/mol. The van der Waals surface area contributed by atoms with Crippen LogP contribution in [0.2, 0.25) is 0 Å². The molecule has 0 unspecified atom stereocenters. The Bertz CT molecular complexity index is 1220. The van der Waals surface area contributed by atoms with Crippen molar-refractivity contribution in [2.45, 2.75) is 25.7 Å². The molecule has 4 rings (SSSR count). The summed E-state index contributed by atoms with van der Waals surface area (Å²) in [6.07, 6.45) is 1.41. The Morgan fingerprint density at radius 1 is 0.529 bits per heavy atom. The number of ketones is 1. The van der Waals surface area contributed by atoms with E-state index < -0.39 is 30.9 Å². The number of benzene rings is 4. The van der Waals surface area contributed by atoms with E-state index in [1.54, 1.807) is 0 Å². The quantitative estimate of drug-likeness (QED) is 0.308. The standard InChI is InChI=1S/C29H26O5/c30-27(19-33-28(31)15-11-21-9-13-23-5-1-3-7-25(23)17-21)20-34-29(32)16-12-22-10-14-24-6-2-4-8-26(24)18-22/h1-10,13-14,17-18H,11-12,15-16,19-20H2. The molecule has 0 N–H and O–H groups in total. The molecule has 0 aliphatic rings. The molecule has 0 amide bonds. The Kier molecular flexibility index (Phi) is 7.66. The highest BCUT2D eigenvalue weighted by molar-refractivity contribution is 5.86. The molecule has 5 nitrogen and oxygen atoms in total. The van der Waals surface area contributed by atoms with Gasteiger partial charge in [-0.1, -0.05) is 84.9 Å². The minimum Gasteiger partial charge on any atom is -0.458 e. The maximum atomic E-state index is 12.0. The molecular formula is C29H26O5. The fourth-order valence-corrected chi connectivity index (χ4v) is 3.79. The Morgan fingerprint density at radius 3 is 1.38 bits per heavy atom. The lowest BCUT2D eigenvalue weighted by atomic mass is 10.0. The SMILES string of the molecule is O=C(COC(=O)CCc1ccc2ccccc2c1)COC(=O)CCc1ccc2ccccc2c1. The van der Waals surface area contributed by atoms with Gasteiger partial charge in [-0.05, 0) is 45.5 Å². The van der Waals surface area contributed by atoms with Crippen molar-refractivity contribution in [2.24, 2.45) is 0 Å². The summed E-state index contributed by atoms with van der Waals surface area (Å²) in [4.78, 5) is 35.9. The molecule has 0 aliphatic heterocycles. The van der Waals surface area contributed by atoms with E-state index in [0.29, 0.717) is 12.8 Å². The molecule has 0 atom stereocenters. The molecule has 0 bridgehead atoms. The zero-order valence-electron chi connectivity index (χ0n) is 18.9. The molecule has 5 heteroatoms. The molecule has 0 saturated heterocycles. The Labute approximate surface area is 198 Å². The maximum Gasteiger partial charge on any atom is 0.306 e. The molecule has 0 heterocycles. The van der Waals surface area contributed by atoms with Crippen LogP contribution in [0.15, 0.2) is 84.9 Å². The van der Waals surface area contributed by atoms with E-state index in [9.17, 15) is 14.4 Å². The van der Waals surface area contributed by atoms with Gasteiger partial charge in [-0.25, -0.2) is 0 Å². The van der Waals surface area contributed by atoms with Gasteiger partial charge in [-0.2, -0.15) is 0 Å². The predicted octanol–water partition coefficient (Wildman–Crippen LogP) is 5.21. The molecule has 4 aromatic rings. The summed E-state index contributed by atoms with van der Waals surface area (Å²) < 4.78 is 10.1. The zero-order chi connectivity index (χ0) is 23.8. The number of hydrogen-bond donors (Lipinski definition) is 0. The third-order valence-corrected chi connectivity index (χ3v) is 5.65. The van der Waals surface area contributed by atoms with Crippen molar-refractivity contribution in [3.8, 4) is 0 Å². The summed E-state index contributed by atoms with van der Waals surface area (Å²) >= 11 is 0. The van der Waals surface area contributed by atoms with Gasteiger partial charge in [0.1, 0.15) is 0 Å². The van der Waals surface area contributed by atoms with Crippen LogP contribution in [0.1, 0.15) is 24.0 Å². The van der Waals surface area contributed by atoms with Gasteiger partial charge in [0, 0.05) is 12.8 Å². The molecule has 0 saturated carbocycles. The van der Waals surface area contributed by atoms with E-state index in [1.165, 1.54) is 0 Å². The Balaban J connectivity index is 1.13. The Hall–Kier alpha value is -3.99. The maximum absolute atomic E-state index is 12.0. The van der Waals surface area contributed by atoms with Gasteiger partial charge in [-0.3, -0.25) is 14.4 Å². The van der Waals surface area contributed by atoms with Crippen molar-refractivity contribution in [3.63, 3.8) is 0 Å². The number of aryl methyl sites for hydroxylation is 2. The van der Waals surface area contributed by atoms with Crippen molar-refractivity contribution in [2.75, 3.05) is 13.2 Å². The van der Waals surface area contributed by atoms with Crippen LogP contribution in [-0.4, -0.2) is 30.9 Å². The van der Waals surface area contributed by atoms with E-state index >= 15 is 0 Å². The number of esters is 2. The zero-order valence-corrected chi connectivity index (χ0v) is 18.9. The number of Topliss-reactive ketones (excluding diaryl/α,β-unsaturated/α-hetero) is 1. The molecule has 0 spiro atoms. The molecule has 0 aromatic heterocycles. The van der Waals surface area contributed by atoms with Crippen molar-refractivity contribution in [1.29, 1.82) is 0 Å². The first-order chi connectivity index (χ1) is 16.6. The van der Waals surface area contributed by atoms with E-state index in [1.807, 2.05) is 84.9 Å². The fraction of sp³-hybridized carbons (Fsp3) is 0.207. The number of fused-ring (bicyclic) bond motifs is 2. The summed E-state index contributed by atoms with van der Waals surface area (Å²) in [5.74, 6) is -1.36. The lowest BCUT2D eigenvalue weighted by molar-refractivity contribution is -0.153. The van der Waals surface area contributed by atoms with Gasteiger partial charge in [0.15, 0.2) is 13.2 Å². The van der Waals surface area contributed by atoms with Crippen LogP contribution < -0.4 is 0 Å². The van der Waals surface area contributed by atoms with E-state index in [-0.39, 0.29) is 12.8 Å². The third-order valence-electron chi connectivity index (χ3n) is 5.65. The average Bonchev–Trinajstić information content (AvgIpc) is 2.88. The van der Waals surface area contributed by atoms with Gasteiger partial charge >= 0.3 is 11.9 Å². The summed E-state index contributed by atoms with van der Waals surface area (Å²) in [5, 5.41) is 4.52. The van der Waals surface area contributed by atoms with Gasteiger partial charge in [-0.15, -0.1) is 0 Å². The van der Waals surface area contributed by atoms with Gasteiger partial charge in [0.05, 0.1) is 0 Å². The summed E-state index contributed by atoms with van der Waals surface area (Å²) in [6, 6.07) is 28.2. The predicted molar refractivity (Wildman–Crippen MR) is 131 cm³/mol. The minimum absolute atomic E-state index is 0.178. The first-order valence-electron chi connectivity index (χ1n) is 11.4. The Morgan fingerprint density at radius 2 is 0.941 bits per heavy atom. The summed E-state index contributed by atoms with van der Waals surface area (Å²) in [5.41, 5.74) is 2.06. The highest BCUT2D eigenvalue weighted by atomic mass is 16.6. The largest absolute Gasteiger partial charge is 0.458 e. The van der Waals surface area contributed by atoms with Crippen molar-refractivity contribution in [3.05, 3.63) is 96.1 Å². The second-order valence-corrected chi connectivity index (χ2v) is 8.22. The number of rotatable bonds is 10. The molecule has 4 aromatic carbocycles. The highest BCUT2D eigenvalue weighted by Gasteiger charge is 2.12. The highest BCUT2D eigenvalue weighted by Crippen LogP contribution is 2.18. The van der Waals surface area contributed by atoms with Crippen LogP contribution in [0.25, 0.3) is 21.5 Å². The lowest BCUT2D eigenvalue weighted by Gasteiger charge is -2.07. The van der Waals surface area contributed by atoms with Crippen LogP contribution in [0, 0.1) is 0 Å². The van der Waals surface area contributed by atoms with Crippen LogP contribution in [-0.2, 0) is 36.7 Å². The van der Waals surface area contributed by atoms with E-state index in [4.69, 9.17) is 9.47 Å². The van der Waals surface area contributed by atoms with E-state index in [2.05, 4.69) is 0 Å². The van der Waals surface area contributed by atoms with E-state index in [0.717, 1.165) is 32.7 Å². The first kappa shape index (κ1) is 23.2. The topological polar surface area (TPSA) is 69.7 Å².